The maximum atomic E-state index is 10.4. The summed E-state index contributed by atoms with van der Waals surface area (Å²) in [6, 6.07) is 6.07. The normalized spacial score (nSPS) is 15.3. The molecule has 4 nitrogen and oxygen atoms in total. The molecule has 2 rings (SSSR count). The molecule has 0 spiro atoms. The molecule has 0 radical (unpaired) electrons. The van der Waals surface area contributed by atoms with Crippen LogP contribution in [0.15, 0.2) is 18.2 Å². The Labute approximate surface area is 115 Å². The molecule has 0 atom stereocenters. The molecule has 0 unspecified atom stereocenters. The molecule has 0 saturated carbocycles. The van der Waals surface area contributed by atoms with Gasteiger partial charge in [-0.1, -0.05) is 0 Å². The number of nitrogens with one attached hydrogen (secondary N) is 1. The molecule has 1 aliphatic rings. The van der Waals surface area contributed by atoms with Gasteiger partial charge in [0.25, 0.3) is 0 Å². The summed E-state index contributed by atoms with van der Waals surface area (Å²) < 4.78 is 10.1. The number of carbonyl (C=O) groups is 1. The molecular weight excluding hydrogens is 242 g/mol. The van der Waals surface area contributed by atoms with E-state index in [-0.39, 0.29) is 0 Å². The summed E-state index contributed by atoms with van der Waals surface area (Å²) in [5.74, 6) is 0.785. The number of hydrogen-bond acceptors (Lipinski definition) is 4. The van der Waals surface area contributed by atoms with Crippen LogP contribution in [0.5, 0.6) is 5.75 Å². The number of carbonyl (C=O) groups excluding carboxylic acids is 1. The molecule has 1 fully saturated rings. The van der Waals surface area contributed by atoms with Gasteiger partial charge >= 0.3 is 0 Å². The number of rotatable bonds is 3. The number of aryl methyl sites for hydroxylation is 1. The van der Waals surface area contributed by atoms with Gasteiger partial charge in [0.1, 0.15) is 12.0 Å². The first-order valence-electron chi connectivity index (χ1n) is 6.56. The lowest BCUT2D eigenvalue weighted by molar-refractivity contribution is 0.0799. The Morgan fingerprint density at radius 3 is 2.47 bits per heavy atom. The number of hydrogen-bond donors (Lipinski definition) is 1. The first kappa shape index (κ1) is 15.7. The standard InChI is InChI=1S/C9H10O2.C6H13NO/c1-7-5-9(11-2)4-3-8(7)6-10;1-7-6-2-4-8-5-3-6/h3-6H,1-2H3;6-7H,2-5H2,1H3. The van der Waals surface area contributed by atoms with E-state index in [0.717, 1.165) is 30.8 Å². The fraction of sp³-hybridized carbons (Fsp3) is 0.533. The summed E-state index contributed by atoms with van der Waals surface area (Å²) in [5, 5.41) is 3.22. The quantitative estimate of drug-likeness (QED) is 0.851. The third-order valence-electron chi connectivity index (χ3n) is 3.23. The molecule has 0 amide bonds. The zero-order valence-electron chi connectivity index (χ0n) is 11.9. The Kier molecular flexibility index (Phi) is 7.15. The van der Waals surface area contributed by atoms with Gasteiger partial charge in [-0.05, 0) is 50.6 Å². The molecule has 19 heavy (non-hydrogen) atoms. The number of aldehydes is 1. The predicted molar refractivity (Wildman–Crippen MR) is 76.0 cm³/mol. The third kappa shape index (κ3) is 5.41. The van der Waals surface area contributed by atoms with E-state index in [1.54, 1.807) is 19.2 Å². The van der Waals surface area contributed by atoms with Crippen molar-refractivity contribution in [1.82, 2.24) is 5.32 Å². The van der Waals surface area contributed by atoms with Gasteiger partial charge in [0.2, 0.25) is 0 Å². The van der Waals surface area contributed by atoms with Gasteiger partial charge in [0.05, 0.1) is 7.11 Å². The van der Waals surface area contributed by atoms with Crippen molar-refractivity contribution in [2.24, 2.45) is 0 Å². The van der Waals surface area contributed by atoms with Crippen LogP contribution in [-0.2, 0) is 4.74 Å². The van der Waals surface area contributed by atoms with E-state index in [1.165, 1.54) is 12.8 Å². The fourth-order valence-electron chi connectivity index (χ4n) is 1.89. The Morgan fingerprint density at radius 2 is 2.05 bits per heavy atom. The van der Waals surface area contributed by atoms with Gasteiger partial charge < -0.3 is 14.8 Å². The van der Waals surface area contributed by atoms with Gasteiger partial charge in [0.15, 0.2) is 0 Å². The smallest absolute Gasteiger partial charge is 0.150 e. The van der Waals surface area contributed by atoms with Crippen LogP contribution in [-0.4, -0.2) is 39.7 Å². The maximum Gasteiger partial charge on any atom is 0.150 e. The third-order valence-corrected chi connectivity index (χ3v) is 3.23. The van der Waals surface area contributed by atoms with Crippen molar-refractivity contribution in [2.75, 3.05) is 27.4 Å². The van der Waals surface area contributed by atoms with Crippen molar-refractivity contribution in [3.63, 3.8) is 0 Å². The minimum Gasteiger partial charge on any atom is -0.497 e. The van der Waals surface area contributed by atoms with Gasteiger partial charge in [-0.2, -0.15) is 0 Å². The van der Waals surface area contributed by atoms with Crippen LogP contribution in [0.4, 0.5) is 0 Å². The van der Waals surface area contributed by atoms with Crippen molar-refractivity contribution < 1.29 is 14.3 Å². The first-order chi connectivity index (χ1) is 9.21. The number of methoxy groups -OCH3 is 1. The van der Waals surface area contributed by atoms with Crippen molar-refractivity contribution >= 4 is 6.29 Å². The summed E-state index contributed by atoms with van der Waals surface area (Å²) in [7, 11) is 3.62. The summed E-state index contributed by atoms with van der Waals surface area (Å²) >= 11 is 0. The lowest BCUT2D eigenvalue weighted by Gasteiger charge is -2.20. The molecule has 1 heterocycles. The minimum atomic E-state index is 0.712. The second-order valence-electron chi connectivity index (χ2n) is 4.52. The zero-order chi connectivity index (χ0) is 14.1. The SMILES string of the molecule is CNC1CCOCC1.COc1ccc(C=O)c(C)c1. The molecule has 4 heteroatoms. The second kappa shape index (κ2) is 8.67. The second-order valence-corrected chi connectivity index (χ2v) is 4.52. The van der Waals surface area contributed by atoms with Crippen LogP contribution < -0.4 is 10.1 Å². The van der Waals surface area contributed by atoms with Crippen molar-refractivity contribution in [3.8, 4) is 5.75 Å². The zero-order valence-corrected chi connectivity index (χ0v) is 11.9. The van der Waals surface area contributed by atoms with Crippen LogP contribution in [0.1, 0.15) is 28.8 Å². The number of benzene rings is 1. The van der Waals surface area contributed by atoms with Crippen LogP contribution in [0.3, 0.4) is 0 Å². The highest BCUT2D eigenvalue weighted by molar-refractivity contribution is 5.77. The van der Waals surface area contributed by atoms with E-state index >= 15 is 0 Å². The Bertz CT molecular complexity index is 387. The Morgan fingerprint density at radius 1 is 1.37 bits per heavy atom. The Hall–Kier alpha value is -1.39. The molecule has 0 aliphatic carbocycles. The molecule has 1 aromatic carbocycles. The van der Waals surface area contributed by atoms with Crippen molar-refractivity contribution in [3.05, 3.63) is 29.3 Å². The number of ether oxygens (including phenoxy) is 2. The lowest BCUT2D eigenvalue weighted by Crippen LogP contribution is -2.31. The highest BCUT2D eigenvalue weighted by Gasteiger charge is 2.09. The highest BCUT2D eigenvalue weighted by atomic mass is 16.5. The van der Waals surface area contributed by atoms with E-state index < -0.39 is 0 Å². The van der Waals surface area contributed by atoms with E-state index in [1.807, 2.05) is 20.0 Å². The first-order valence-corrected chi connectivity index (χ1v) is 6.56. The molecule has 1 N–H and O–H groups in total. The Balaban J connectivity index is 0.000000200. The van der Waals surface area contributed by atoms with E-state index in [0.29, 0.717) is 11.6 Å². The molecular formula is C15H23NO3. The fourth-order valence-corrected chi connectivity index (χ4v) is 1.89. The lowest BCUT2D eigenvalue weighted by atomic mass is 10.1. The van der Waals surface area contributed by atoms with Crippen molar-refractivity contribution in [1.29, 1.82) is 0 Å². The largest absolute Gasteiger partial charge is 0.497 e. The van der Waals surface area contributed by atoms with E-state index in [4.69, 9.17) is 9.47 Å². The maximum absolute atomic E-state index is 10.4. The van der Waals surface area contributed by atoms with Gasteiger partial charge in [-0.15, -0.1) is 0 Å². The molecule has 1 aliphatic heterocycles. The predicted octanol–water partition coefficient (Wildman–Crippen LogP) is 2.20. The molecule has 1 saturated heterocycles. The van der Waals surface area contributed by atoms with Gasteiger partial charge in [0, 0.05) is 24.8 Å². The van der Waals surface area contributed by atoms with Crippen LogP contribution in [0.25, 0.3) is 0 Å². The van der Waals surface area contributed by atoms with Crippen LogP contribution in [0.2, 0.25) is 0 Å². The summed E-state index contributed by atoms with van der Waals surface area (Å²) in [6.07, 6.45) is 3.20. The molecule has 1 aromatic rings. The summed E-state index contributed by atoms with van der Waals surface area (Å²) in [4.78, 5) is 10.4. The highest BCUT2D eigenvalue weighted by Crippen LogP contribution is 2.14. The topological polar surface area (TPSA) is 47.6 Å². The molecule has 0 bridgehead atoms. The average Bonchev–Trinajstić information content (AvgIpc) is 2.48. The summed E-state index contributed by atoms with van der Waals surface area (Å²) in [6.45, 7) is 3.75. The molecule has 106 valence electrons. The van der Waals surface area contributed by atoms with Crippen LogP contribution >= 0.6 is 0 Å². The van der Waals surface area contributed by atoms with Crippen LogP contribution in [0, 0.1) is 6.92 Å². The summed E-state index contributed by atoms with van der Waals surface area (Å²) in [5.41, 5.74) is 1.66. The van der Waals surface area contributed by atoms with E-state index in [2.05, 4.69) is 5.32 Å². The minimum absolute atomic E-state index is 0.712. The van der Waals surface area contributed by atoms with E-state index in [9.17, 15) is 4.79 Å². The van der Waals surface area contributed by atoms with Gasteiger partial charge in [-0.3, -0.25) is 4.79 Å². The monoisotopic (exact) mass is 265 g/mol. The van der Waals surface area contributed by atoms with Crippen molar-refractivity contribution in [2.45, 2.75) is 25.8 Å². The average molecular weight is 265 g/mol. The van der Waals surface area contributed by atoms with Gasteiger partial charge in [-0.25, -0.2) is 0 Å². The molecule has 0 aromatic heterocycles.